The first kappa shape index (κ1) is 14.2. The molecule has 2 heteroatoms. The number of allylic oxidation sites excluding steroid dienone is 1. The molecule has 0 aromatic heterocycles. The fourth-order valence-corrected chi connectivity index (χ4v) is 2.47. The lowest BCUT2D eigenvalue weighted by Crippen LogP contribution is -1.88. The maximum atomic E-state index is 2.30. The van der Waals surface area contributed by atoms with Gasteiger partial charge in [-0.05, 0) is 43.3 Å². The van der Waals surface area contributed by atoms with E-state index in [0.29, 0.717) is 0 Å². The summed E-state index contributed by atoms with van der Waals surface area (Å²) in [5, 5.41) is 4.52. The average molecular weight is 230 g/mol. The Hall–Kier alpha value is 0.180. The molecule has 82 valence electrons. The lowest BCUT2D eigenvalue weighted by atomic mass is 10.3. The van der Waals surface area contributed by atoms with Crippen LogP contribution in [0, 0.1) is 5.92 Å². The van der Waals surface area contributed by atoms with Crippen molar-refractivity contribution in [3.63, 3.8) is 0 Å². The standard InChI is InChI=1S/C12H22S2/c1-10(2)6-13-8-12(5)9-14-7-11(3)4/h6,9,11H,7-8H2,1-5H3. The SMILES string of the molecule is CC(C)=CSCC(C)=CSCC(C)C. The van der Waals surface area contributed by atoms with Gasteiger partial charge in [-0.1, -0.05) is 25.0 Å². The van der Waals surface area contributed by atoms with Crippen molar-refractivity contribution >= 4 is 23.5 Å². The molecule has 0 saturated heterocycles. The normalized spacial score (nSPS) is 12.0. The average Bonchev–Trinajstić information content (AvgIpc) is 2.02. The molecule has 0 aliphatic carbocycles. The summed E-state index contributed by atoms with van der Waals surface area (Å²) in [5.74, 6) is 3.13. The van der Waals surface area contributed by atoms with Gasteiger partial charge in [0.2, 0.25) is 0 Å². The second kappa shape index (κ2) is 8.49. The Kier molecular flexibility index (Phi) is 8.59. The molecule has 0 nitrogen and oxygen atoms in total. The highest BCUT2D eigenvalue weighted by molar-refractivity contribution is 8.03. The highest BCUT2D eigenvalue weighted by Crippen LogP contribution is 2.16. The molecule has 0 atom stereocenters. The van der Waals surface area contributed by atoms with E-state index in [-0.39, 0.29) is 0 Å². The van der Waals surface area contributed by atoms with Gasteiger partial charge in [-0.2, -0.15) is 0 Å². The first-order chi connectivity index (χ1) is 6.52. The molecule has 0 unspecified atom stereocenters. The fraction of sp³-hybridized carbons (Fsp3) is 0.667. The second-order valence-electron chi connectivity index (χ2n) is 4.20. The van der Waals surface area contributed by atoms with E-state index < -0.39 is 0 Å². The van der Waals surface area contributed by atoms with Gasteiger partial charge in [-0.3, -0.25) is 0 Å². The predicted octanol–water partition coefficient (Wildman–Crippen LogP) is 4.94. The van der Waals surface area contributed by atoms with Crippen LogP contribution >= 0.6 is 23.5 Å². The summed E-state index contributed by atoms with van der Waals surface area (Å²) in [4.78, 5) is 0. The molecular weight excluding hydrogens is 208 g/mol. The summed E-state index contributed by atoms with van der Waals surface area (Å²) in [6.45, 7) is 11.0. The van der Waals surface area contributed by atoms with Gasteiger partial charge in [-0.15, -0.1) is 23.5 Å². The summed E-state index contributed by atoms with van der Waals surface area (Å²) in [6.07, 6.45) is 0. The van der Waals surface area contributed by atoms with Crippen LogP contribution in [-0.4, -0.2) is 11.5 Å². The Labute approximate surface area is 97.6 Å². The molecule has 0 aromatic carbocycles. The molecule has 0 spiro atoms. The highest BCUT2D eigenvalue weighted by atomic mass is 32.2. The van der Waals surface area contributed by atoms with Gasteiger partial charge in [0.05, 0.1) is 0 Å². The fourth-order valence-electron chi connectivity index (χ4n) is 0.757. The van der Waals surface area contributed by atoms with Crippen molar-refractivity contribution in [2.75, 3.05) is 11.5 Å². The van der Waals surface area contributed by atoms with Crippen molar-refractivity contribution in [1.29, 1.82) is 0 Å². The van der Waals surface area contributed by atoms with Crippen LogP contribution < -0.4 is 0 Å². The van der Waals surface area contributed by atoms with E-state index in [1.165, 1.54) is 16.9 Å². The smallest absolute Gasteiger partial charge is 0.0190 e. The Morgan fingerprint density at radius 3 is 2.21 bits per heavy atom. The van der Waals surface area contributed by atoms with E-state index in [0.717, 1.165) is 11.7 Å². The minimum absolute atomic E-state index is 0.787. The lowest BCUT2D eigenvalue weighted by molar-refractivity contribution is 0.751. The first-order valence-electron chi connectivity index (χ1n) is 5.04. The Morgan fingerprint density at radius 2 is 1.71 bits per heavy atom. The number of thioether (sulfide) groups is 2. The van der Waals surface area contributed by atoms with Gasteiger partial charge in [0.1, 0.15) is 0 Å². The van der Waals surface area contributed by atoms with Crippen molar-refractivity contribution in [3.8, 4) is 0 Å². The van der Waals surface area contributed by atoms with Crippen molar-refractivity contribution in [2.24, 2.45) is 5.92 Å². The number of rotatable bonds is 6. The van der Waals surface area contributed by atoms with Gasteiger partial charge in [-0.25, -0.2) is 0 Å². The van der Waals surface area contributed by atoms with Crippen LogP contribution in [0.4, 0.5) is 0 Å². The largest absolute Gasteiger partial charge is 0.134 e. The third kappa shape index (κ3) is 10.3. The maximum Gasteiger partial charge on any atom is 0.0190 e. The quantitative estimate of drug-likeness (QED) is 0.634. The minimum Gasteiger partial charge on any atom is -0.134 e. The van der Waals surface area contributed by atoms with E-state index in [1.54, 1.807) is 0 Å². The molecule has 0 aromatic rings. The van der Waals surface area contributed by atoms with E-state index in [1.807, 2.05) is 23.5 Å². The van der Waals surface area contributed by atoms with Gasteiger partial charge in [0.25, 0.3) is 0 Å². The van der Waals surface area contributed by atoms with E-state index >= 15 is 0 Å². The monoisotopic (exact) mass is 230 g/mol. The molecule has 0 N–H and O–H groups in total. The van der Waals surface area contributed by atoms with Crippen LogP contribution in [0.2, 0.25) is 0 Å². The summed E-state index contributed by atoms with van der Waals surface area (Å²) < 4.78 is 0. The van der Waals surface area contributed by atoms with Crippen LogP contribution in [0.25, 0.3) is 0 Å². The second-order valence-corrected chi connectivity index (χ2v) is 5.96. The summed E-state index contributed by atoms with van der Waals surface area (Å²) in [5.41, 5.74) is 2.86. The number of hydrogen-bond acceptors (Lipinski definition) is 2. The molecule has 0 radical (unpaired) electrons. The molecular formula is C12H22S2. The van der Waals surface area contributed by atoms with Crippen LogP contribution in [0.1, 0.15) is 34.6 Å². The third-order valence-corrected chi connectivity index (χ3v) is 4.03. The molecule has 0 amide bonds. The van der Waals surface area contributed by atoms with Crippen molar-refractivity contribution in [2.45, 2.75) is 34.6 Å². The van der Waals surface area contributed by atoms with Gasteiger partial charge < -0.3 is 0 Å². The summed E-state index contributed by atoms with van der Waals surface area (Å²) in [7, 11) is 0. The minimum atomic E-state index is 0.787. The van der Waals surface area contributed by atoms with Crippen molar-refractivity contribution < 1.29 is 0 Å². The Balaban J connectivity index is 3.62. The third-order valence-electron chi connectivity index (χ3n) is 1.34. The van der Waals surface area contributed by atoms with E-state index in [9.17, 15) is 0 Å². The Morgan fingerprint density at radius 1 is 1.07 bits per heavy atom. The van der Waals surface area contributed by atoms with Crippen LogP contribution in [0.3, 0.4) is 0 Å². The summed E-state index contributed by atoms with van der Waals surface area (Å²) >= 11 is 3.82. The molecule has 14 heavy (non-hydrogen) atoms. The zero-order chi connectivity index (χ0) is 11.0. The molecule has 0 fully saturated rings. The zero-order valence-electron chi connectivity index (χ0n) is 9.96. The topological polar surface area (TPSA) is 0 Å². The molecule has 0 aliphatic rings. The predicted molar refractivity (Wildman–Crippen MR) is 72.9 cm³/mol. The van der Waals surface area contributed by atoms with Gasteiger partial charge in [0, 0.05) is 5.75 Å². The van der Waals surface area contributed by atoms with Crippen LogP contribution in [-0.2, 0) is 0 Å². The van der Waals surface area contributed by atoms with Crippen LogP contribution in [0.5, 0.6) is 0 Å². The lowest BCUT2D eigenvalue weighted by Gasteiger charge is -2.01. The molecule has 0 bridgehead atoms. The molecule has 0 rings (SSSR count). The molecule has 0 saturated carbocycles. The zero-order valence-corrected chi connectivity index (χ0v) is 11.6. The highest BCUT2D eigenvalue weighted by Gasteiger charge is 1.93. The van der Waals surface area contributed by atoms with E-state index in [4.69, 9.17) is 0 Å². The summed E-state index contributed by atoms with van der Waals surface area (Å²) in [6, 6.07) is 0. The van der Waals surface area contributed by atoms with Crippen LogP contribution in [0.15, 0.2) is 22.0 Å². The maximum absolute atomic E-state index is 2.30. The molecule has 0 aliphatic heterocycles. The molecule has 0 heterocycles. The van der Waals surface area contributed by atoms with Crippen molar-refractivity contribution in [3.05, 3.63) is 22.0 Å². The van der Waals surface area contributed by atoms with Crippen molar-refractivity contribution in [1.82, 2.24) is 0 Å². The van der Waals surface area contributed by atoms with Gasteiger partial charge in [0.15, 0.2) is 0 Å². The van der Waals surface area contributed by atoms with E-state index in [2.05, 4.69) is 45.4 Å². The Bertz CT molecular complexity index is 198. The van der Waals surface area contributed by atoms with Gasteiger partial charge >= 0.3 is 0 Å². The first-order valence-corrected chi connectivity index (χ1v) is 7.14. The number of hydrogen-bond donors (Lipinski definition) is 0.